The van der Waals surface area contributed by atoms with E-state index in [9.17, 15) is 8.42 Å². The maximum absolute atomic E-state index is 12.9. The Balaban J connectivity index is 1.78. The number of hydrogen-bond acceptors (Lipinski definition) is 3. The van der Waals surface area contributed by atoms with Crippen LogP contribution in [0, 0.1) is 18.3 Å². The van der Waals surface area contributed by atoms with Gasteiger partial charge in [-0.15, -0.1) is 0 Å². The number of nitrogens with one attached hydrogen (secondary N) is 1. The second-order valence-electron chi connectivity index (χ2n) is 8.73. The molecule has 24 heavy (non-hydrogen) atoms. The van der Waals surface area contributed by atoms with Crippen LogP contribution in [-0.4, -0.2) is 24.2 Å². The van der Waals surface area contributed by atoms with Crippen LogP contribution < -0.4 is 4.72 Å². The molecule has 2 aliphatic carbocycles. The molecule has 1 heterocycles. The minimum Gasteiger partial charge on any atom is -0.268 e. The molecule has 5 nitrogen and oxygen atoms in total. The number of hydrogen-bond donors (Lipinski definition) is 1. The van der Waals surface area contributed by atoms with Crippen LogP contribution in [0.2, 0.25) is 0 Å². The number of nitrogens with zero attached hydrogens (tertiary/aromatic N) is 2. The molecular formula is C18H31N3O2S. The second-order valence-corrected chi connectivity index (χ2v) is 10.4. The van der Waals surface area contributed by atoms with Gasteiger partial charge in [-0.3, -0.25) is 4.68 Å². The molecular weight excluding hydrogens is 322 g/mol. The van der Waals surface area contributed by atoms with E-state index in [-0.39, 0.29) is 11.5 Å². The Morgan fingerprint density at radius 3 is 2.54 bits per heavy atom. The van der Waals surface area contributed by atoms with E-state index in [1.165, 1.54) is 12.8 Å². The Morgan fingerprint density at radius 2 is 1.92 bits per heavy atom. The van der Waals surface area contributed by atoms with Crippen LogP contribution in [0.4, 0.5) is 0 Å². The zero-order valence-electron chi connectivity index (χ0n) is 15.4. The third-order valence-electron chi connectivity index (χ3n) is 5.57. The van der Waals surface area contributed by atoms with Crippen molar-refractivity contribution in [2.45, 2.75) is 89.6 Å². The molecule has 0 radical (unpaired) electrons. The summed E-state index contributed by atoms with van der Waals surface area (Å²) < 4.78 is 30.6. The van der Waals surface area contributed by atoms with Crippen molar-refractivity contribution >= 4 is 10.0 Å². The van der Waals surface area contributed by atoms with E-state index in [2.05, 4.69) is 30.6 Å². The van der Waals surface area contributed by atoms with Crippen molar-refractivity contribution in [2.75, 3.05) is 0 Å². The van der Waals surface area contributed by atoms with Crippen LogP contribution in [0.1, 0.15) is 77.5 Å². The fourth-order valence-electron chi connectivity index (χ4n) is 4.80. The molecule has 136 valence electrons. The van der Waals surface area contributed by atoms with E-state index >= 15 is 0 Å². The number of aryl methyl sites for hydroxylation is 1. The van der Waals surface area contributed by atoms with Gasteiger partial charge in [0.2, 0.25) is 10.0 Å². The first kappa shape index (κ1) is 17.9. The highest BCUT2D eigenvalue weighted by Crippen LogP contribution is 2.39. The molecule has 1 N–H and O–H groups in total. The molecule has 0 aliphatic heterocycles. The SMILES string of the molecule is Cc1nn(C2CCCC2)cc1S(=O)(=O)NC1CC(C)CC(C)(C)C1. The van der Waals surface area contributed by atoms with Gasteiger partial charge >= 0.3 is 0 Å². The van der Waals surface area contributed by atoms with Crippen molar-refractivity contribution < 1.29 is 8.42 Å². The lowest BCUT2D eigenvalue weighted by Crippen LogP contribution is -2.42. The Kier molecular flexibility index (Phi) is 4.82. The lowest BCUT2D eigenvalue weighted by atomic mass is 9.71. The van der Waals surface area contributed by atoms with Gasteiger partial charge in [0.05, 0.1) is 11.7 Å². The van der Waals surface area contributed by atoms with Crippen LogP contribution in [0.5, 0.6) is 0 Å². The molecule has 2 fully saturated rings. The standard InChI is InChI=1S/C18H31N3O2S/c1-13-9-15(11-18(3,4)10-13)20-24(22,23)17-12-21(19-14(17)2)16-7-5-6-8-16/h12-13,15-16,20H,5-11H2,1-4H3. The molecule has 0 bridgehead atoms. The van der Waals surface area contributed by atoms with Gasteiger partial charge in [-0.25, -0.2) is 13.1 Å². The molecule has 0 spiro atoms. The summed E-state index contributed by atoms with van der Waals surface area (Å²) >= 11 is 0. The average Bonchev–Trinajstić information content (AvgIpc) is 3.03. The molecule has 3 rings (SSSR count). The predicted octanol–water partition coefficient (Wildman–Crippen LogP) is 3.80. The quantitative estimate of drug-likeness (QED) is 0.895. The van der Waals surface area contributed by atoms with Crippen molar-refractivity contribution in [2.24, 2.45) is 11.3 Å². The predicted molar refractivity (Wildman–Crippen MR) is 95.4 cm³/mol. The number of sulfonamides is 1. The highest BCUT2D eigenvalue weighted by atomic mass is 32.2. The zero-order chi connectivity index (χ0) is 17.5. The van der Waals surface area contributed by atoms with Crippen molar-refractivity contribution in [1.82, 2.24) is 14.5 Å². The monoisotopic (exact) mass is 353 g/mol. The van der Waals surface area contributed by atoms with Crippen LogP contribution >= 0.6 is 0 Å². The maximum Gasteiger partial charge on any atom is 0.244 e. The third kappa shape index (κ3) is 3.85. The molecule has 0 amide bonds. The molecule has 1 aromatic heterocycles. The molecule has 2 saturated carbocycles. The fourth-order valence-corrected chi connectivity index (χ4v) is 6.23. The highest BCUT2D eigenvalue weighted by Gasteiger charge is 2.35. The van der Waals surface area contributed by atoms with Crippen LogP contribution in [-0.2, 0) is 10.0 Å². The number of aromatic nitrogens is 2. The van der Waals surface area contributed by atoms with Gasteiger partial charge in [-0.1, -0.05) is 33.6 Å². The van der Waals surface area contributed by atoms with Crippen LogP contribution in [0.25, 0.3) is 0 Å². The molecule has 2 atom stereocenters. The normalized spacial score (nSPS) is 28.3. The largest absolute Gasteiger partial charge is 0.268 e. The summed E-state index contributed by atoms with van der Waals surface area (Å²) in [5.41, 5.74) is 0.797. The van der Waals surface area contributed by atoms with E-state index < -0.39 is 10.0 Å². The Morgan fingerprint density at radius 1 is 1.25 bits per heavy atom. The summed E-state index contributed by atoms with van der Waals surface area (Å²) in [4.78, 5) is 0.352. The van der Waals surface area contributed by atoms with E-state index in [0.717, 1.165) is 32.1 Å². The summed E-state index contributed by atoms with van der Waals surface area (Å²) in [5, 5.41) is 4.49. The van der Waals surface area contributed by atoms with Gasteiger partial charge in [0.15, 0.2) is 0 Å². The fraction of sp³-hybridized carbons (Fsp3) is 0.833. The van der Waals surface area contributed by atoms with Gasteiger partial charge in [0.25, 0.3) is 0 Å². The summed E-state index contributed by atoms with van der Waals surface area (Å²) in [6, 6.07) is 0.379. The summed E-state index contributed by atoms with van der Waals surface area (Å²) in [6.45, 7) is 8.47. The van der Waals surface area contributed by atoms with Gasteiger partial charge in [0, 0.05) is 12.2 Å². The minimum atomic E-state index is -3.51. The van der Waals surface area contributed by atoms with E-state index in [0.29, 0.717) is 22.5 Å². The smallest absolute Gasteiger partial charge is 0.244 e. The molecule has 2 unspecified atom stereocenters. The zero-order valence-corrected chi connectivity index (χ0v) is 16.2. The van der Waals surface area contributed by atoms with Crippen molar-refractivity contribution in [3.8, 4) is 0 Å². The number of rotatable bonds is 4. The molecule has 1 aromatic rings. The third-order valence-corrected chi connectivity index (χ3v) is 7.19. The van der Waals surface area contributed by atoms with Gasteiger partial charge in [-0.2, -0.15) is 5.10 Å². The summed E-state index contributed by atoms with van der Waals surface area (Å²) in [7, 11) is -3.51. The molecule has 6 heteroatoms. The molecule has 0 saturated heterocycles. The maximum atomic E-state index is 12.9. The lowest BCUT2D eigenvalue weighted by molar-refractivity contribution is 0.163. The first-order valence-electron chi connectivity index (χ1n) is 9.24. The highest BCUT2D eigenvalue weighted by molar-refractivity contribution is 7.89. The Bertz CT molecular complexity index is 687. The molecule has 2 aliphatic rings. The topological polar surface area (TPSA) is 64.0 Å². The van der Waals surface area contributed by atoms with Gasteiger partial charge in [-0.05, 0) is 50.4 Å². The summed E-state index contributed by atoms with van der Waals surface area (Å²) in [6.07, 6.45) is 9.32. The van der Waals surface area contributed by atoms with Crippen molar-refractivity contribution in [1.29, 1.82) is 0 Å². The average molecular weight is 354 g/mol. The Labute approximate surface area is 146 Å². The van der Waals surface area contributed by atoms with Crippen molar-refractivity contribution in [3.63, 3.8) is 0 Å². The second kappa shape index (κ2) is 6.45. The first-order valence-corrected chi connectivity index (χ1v) is 10.7. The van der Waals surface area contributed by atoms with Crippen LogP contribution in [0.3, 0.4) is 0 Å². The minimum absolute atomic E-state index is 0.0166. The lowest BCUT2D eigenvalue weighted by Gasteiger charge is -2.39. The van der Waals surface area contributed by atoms with Crippen LogP contribution in [0.15, 0.2) is 11.1 Å². The Hall–Kier alpha value is -0.880. The summed E-state index contributed by atoms with van der Waals surface area (Å²) in [5.74, 6) is 0.545. The van der Waals surface area contributed by atoms with Gasteiger partial charge < -0.3 is 0 Å². The van der Waals surface area contributed by atoms with E-state index in [1.807, 2.05) is 4.68 Å². The van der Waals surface area contributed by atoms with E-state index in [4.69, 9.17) is 0 Å². The van der Waals surface area contributed by atoms with Crippen molar-refractivity contribution in [3.05, 3.63) is 11.9 Å². The van der Waals surface area contributed by atoms with Gasteiger partial charge in [0.1, 0.15) is 4.90 Å². The van der Waals surface area contributed by atoms with E-state index in [1.54, 1.807) is 13.1 Å². The first-order chi connectivity index (χ1) is 11.2. The molecule has 0 aromatic carbocycles.